The van der Waals surface area contributed by atoms with Crippen molar-refractivity contribution in [2.75, 3.05) is 6.61 Å². The molecule has 1 heterocycles. The molecule has 0 bridgehead atoms. The Hall–Kier alpha value is -3.11. The predicted octanol–water partition coefficient (Wildman–Crippen LogP) is 4.15. The number of benzene rings is 1. The van der Waals surface area contributed by atoms with E-state index in [0.29, 0.717) is 37.9 Å². The molecule has 13 heteroatoms. The van der Waals surface area contributed by atoms with E-state index in [9.17, 15) is 26.4 Å². The lowest BCUT2D eigenvalue weighted by atomic mass is 10.1. The standard InChI is InChI=1S/C18H21F3N2O3S.C5H6N2O2/c1-3-26-14-5-6-15(9-14)27(24,25)17-7-4-12(8-16(17)18(19,20)21)13-10-22-23(2)11-13;6-3-5(1-2-5)7-4(8)9/h4,7-8,10-11,14-15H,3,5-6,9H2,1-2H3;7H,1-2H2,(H,8,9)/t14-,15-;/m1./s1. The molecular formula is C23H27F3N4O5S. The van der Waals surface area contributed by atoms with E-state index in [0.717, 1.165) is 12.1 Å². The molecule has 1 amide bonds. The largest absolute Gasteiger partial charge is 0.465 e. The van der Waals surface area contributed by atoms with Crippen molar-refractivity contribution in [3.63, 3.8) is 0 Å². The quantitative estimate of drug-likeness (QED) is 0.575. The highest BCUT2D eigenvalue weighted by molar-refractivity contribution is 7.92. The SMILES string of the molecule is CCO[C@@H]1CC[C@@H](S(=O)(=O)c2ccc(-c3cnn(C)c3)cc2C(F)(F)F)C1.N#CC1(NC(=O)O)CC1. The summed E-state index contributed by atoms with van der Waals surface area (Å²) in [6.07, 6.45) is -0.753. The van der Waals surface area contributed by atoms with Crippen LogP contribution in [0.5, 0.6) is 0 Å². The lowest BCUT2D eigenvalue weighted by Crippen LogP contribution is -2.33. The summed E-state index contributed by atoms with van der Waals surface area (Å²) in [4.78, 5) is 9.29. The monoisotopic (exact) mass is 528 g/mol. The number of sulfone groups is 1. The second-order valence-corrected chi connectivity index (χ2v) is 11.0. The van der Waals surface area contributed by atoms with Crippen molar-refractivity contribution in [2.24, 2.45) is 7.05 Å². The van der Waals surface area contributed by atoms with Gasteiger partial charge in [0.2, 0.25) is 0 Å². The molecule has 4 rings (SSSR count). The number of amides is 1. The number of ether oxygens (including phenoxy) is 1. The second kappa shape index (κ2) is 10.5. The topological polar surface area (TPSA) is 134 Å². The average molecular weight is 529 g/mol. The van der Waals surface area contributed by atoms with Crippen LogP contribution in [0.25, 0.3) is 11.1 Å². The highest BCUT2D eigenvalue weighted by atomic mass is 32.2. The fourth-order valence-corrected chi connectivity index (χ4v) is 6.11. The van der Waals surface area contributed by atoms with Gasteiger partial charge in [-0.2, -0.15) is 23.5 Å². The molecule has 0 unspecified atom stereocenters. The van der Waals surface area contributed by atoms with Crippen LogP contribution in [0.4, 0.5) is 18.0 Å². The van der Waals surface area contributed by atoms with Crippen LogP contribution in [-0.2, 0) is 27.8 Å². The molecule has 2 aromatic rings. The predicted molar refractivity (Wildman–Crippen MR) is 123 cm³/mol. The van der Waals surface area contributed by atoms with Crippen molar-refractivity contribution >= 4 is 15.9 Å². The molecule has 2 N–H and O–H groups in total. The van der Waals surface area contributed by atoms with Gasteiger partial charge in [0, 0.05) is 25.4 Å². The van der Waals surface area contributed by atoms with Gasteiger partial charge in [-0.05, 0) is 56.7 Å². The van der Waals surface area contributed by atoms with E-state index >= 15 is 0 Å². The zero-order chi connectivity index (χ0) is 26.7. The van der Waals surface area contributed by atoms with Gasteiger partial charge in [-0.3, -0.25) is 4.68 Å². The summed E-state index contributed by atoms with van der Waals surface area (Å²) < 4.78 is 73.7. The second-order valence-electron chi connectivity index (χ2n) is 8.79. The van der Waals surface area contributed by atoms with Crippen molar-refractivity contribution in [3.8, 4) is 17.2 Å². The van der Waals surface area contributed by atoms with E-state index in [1.807, 2.05) is 6.07 Å². The Labute approximate surface area is 206 Å². The van der Waals surface area contributed by atoms with Gasteiger partial charge in [-0.15, -0.1) is 0 Å². The number of nitrogens with one attached hydrogen (secondary N) is 1. The van der Waals surface area contributed by atoms with Gasteiger partial charge >= 0.3 is 12.3 Å². The molecule has 2 atom stereocenters. The van der Waals surface area contributed by atoms with E-state index in [1.54, 1.807) is 20.2 Å². The normalized spacial score (nSPS) is 20.7. The van der Waals surface area contributed by atoms with Crippen LogP contribution in [0, 0.1) is 11.3 Å². The van der Waals surface area contributed by atoms with Crippen LogP contribution in [0.2, 0.25) is 0 Å². The number of rotatable bonds is 6. The first-order valence-corrected chi connectivity index (χ1v) is 12.8. The Morgan fingerprint density at radius 1 is 1.33 bits per heavy atom. The van der Waals surface area contributed by atoms with Crippen molar-refractivity contribution in [1.29, 1.82) is 5.26 Å². The molecule has 0 saturated heterocycles. The van der Waals surface area contributed by atoms with Crippen LogP contribution in [-0.4, -0.2) is 52.9 Å². The number of halogens is 3. The van der Waals surface area contributed by atoms with E-state index in [4.69, 9.17) is 15.1 Å². The molecule has 36 heavy (non-hydrogen) atoms. The van der Waals surface area contributed by atoms with Crippen LogP contribution in [0.15, 0.2) is 35.5 Å². The first-order valence-electron chi connectivity index (χ1n) is 11.3. The maximum Gasteiger partial charge on any atom is 0.417 e. The molecule has 2 fully saturated rings. The van der Waals surface area contributed by atoms with Crippen molar-refractivity contribution in [1.82, 2.24) is 15.1 Å². The number of carboxylic acid groups (broad SMARTS) is 1. The molecule has 196 valence electrons. The van der Waals surface area contributed by atoms with Gasteiger partial charge in [-0.25, -0.2) is 13.2 Å². The number of aromatic nitrogens is 2. The van der Waals surface area contributed by atoms with E-state index < -0.39 is 43.4 Å². The Kier molecular flexibility index (Phi) is 8.00. The van der Waals surface area contributed by atoms with Gasteiger partial charge in [0.15, 0.2) is 9.84 Å². The molecule has 0 radical (unpaired) electrons. The minimum Gasteiger partial charge on any atom is -0.465 e. The average Bonchev–Trinajstić information content (AvgIpc) is 3.17. The van der Waals surface area contributed by atoms with E-state index in [-0.39, 0.29) is 18.1 Å². The summed E-state index contributed by atoms with van der Waals surface area (Å²) in [5.41, 5.74) is -1.10. The van der Waals surface area contributed by atoms with Crippen LogP contribution in [0.1, 0.15) is 44.6 Å². The number of hydrogen-bond acceptors (Lipinski definition) is 6. The maximum atomic E-state index is 13.7. The first-order chi connectivity index (χ1) is 16.8. The van der Waals surface area contributed by atoms with Gasteiger partial charge in [0.25, 0.3) is 0 Å². The first kappa shape index (κ1) is 27.5. The number of carbonyl (C=O) groups is 1. The number of nitrogens with zero attached hydrogens (tertiary/aromatic N) is 3. The van der Waals surface area contributed by atoms with E-state index in [2.05, 4.69) is 10.4 Å². The zero-order valence-electron chi connectivity index (χ0n) is 19.7. The Morgan fingerprint density at radius 2 is 2.03 bits per heavy atom. The lowest BCUT2D eigenvalue weighted by Gasteiger charge is -2.18. The molecule has 1 aromatic carbocycles. The third-order valence-electron chi connectivity index (χ3n) is 6.12. The Balaban J connectivity index is 0.000000338. The fourth-order valence-electron chi connectivity index (χ4n) is 4.09. The number of alkyl halides is 3. The molecule has 2 saturated carbocycles. The molecule has 2 aliphatic rings. The Bertz CT molecular complexity index is 1250. The maximum absolute atomic E-state index is 13.7. The van der Waals surface area contributed by atoms with Crippen LogP contribution < -0.4 is 5.32 Å². The highest BCUT2D eigenvalue weighted by Crippen LogP contribution is 2.40. The van der Waals surface area contributed by atoms with Crippen LogP contribution >= 0.6 is 0 Å². The number of hydrogen-bond donors (Lipinski definition) is 2. The minimum atomic E-state index is -4.78. The van der Waals surface area contributed by atoms with E-state index in [1.165, 1.54) is 16.9 Å². The van der Waals surface area contributed by atoms with Gasteiger partial charge in [0.05, 0.1) is 34.1 Å². The third-order valence-corrected chi connectivity index (χ3v) is 8.39. The summed E-state index contributed by atoms with van der Waals surface area (Å²) in [5, 5.41) is 21.7. The summed E-state index contributed by atoms with van der Waals surface area (Å²) >= 11 is 0. The summed E-state index contributed by atoms with van der Waals surface area (Å²) in [5.74, 6) is 0. The highest BCUT2D eigenvalue weighted by Gasteiger charge is 2.45. The van der Waals surface area contributed by atoms with Crippen molar-refractivity contribution < 1.29 is 36.2 Å². The molecule has 0 aliphatic heterocycles. The van der Waals surface area contributed by atoms with Crippen molar-refractivity contribution in [2.45, 2.75) is 67.0 Å². The molecule has 2 aliphatic carbocycles. The van der Waals surface area contributed by atoms with Gasteiger partial charge in [-0.1, -0.05) is 6.07 Å². The van der Waals surface area contributed by atoms with Crippen LogP contribution in [0.3, 0.4) is 0 Å². The molecular weight excluding hydrogens is 501 g/mol. The van der Waals surface area contributed by atoms with Gasteiger partial charge in [0.1, 0.15) is 5.54 Å². The van der Waals surface area contributed by atoms with Crippen molar-refractivity contribution in [3.05, 3.63) is 36.2 Å². The fraction of sp³-hybridized carbons (Fsp3) is 0.522. The zero-order valence-corrected chi connectivity index (χ0v) is 20.6. The third kappa shape index (κ3) is 6.36. The Morgan fingerprint density at radius 3 is 2.50 bits per heavy atom. The minimum absolute atomic E-state index is 0.220. The molecule has 0 spiro atoms. The van der Waals surface area contributed by atoms with Gasteiger partial charge < -0.3 is 15.2 Å². The molecule has 1 aromatic heterocycles. The summed E-state index contributed by atoms with van der Waals surface area (Å²) in [6.45, 7) is 2.26. The molecule has 9 nitrogen and oxygen atoms in total. The summed E-state index contributed by atoms with van der Waals surface area (Å²) in [6, 6.07) is 5.24. The smallest absolute Gasteiger partial charge is 0.417 e. The number of nitriles is 1. The number of aryl methyl sites for hydroxylation is 1. The summed E-state index contributed by atoms with van der Waals surface area (Å²) in [7, 11) is -2.46. The lowest BCUT2D eigenvalue weighted by molar-refractivity contribution is -0.139.